The molecule has 0 atom stereocenters. The van der Waals surface area contributed by atoms with Crippen molar-refractivity contribution in [3.8, 4) is 0 Å². The summed E-state index contributed by atoms with van der Waals surface area (Å²) in [5.74, 6) is -0.293. The van der Waals surface area contributed by atoms with Crippen LogP contribution >= 0.6 is 23.2 Å². The van der Waals surface area contributed by atoms with Crippen LogP contribution in [-0.2, 0) is 29.2 Å². The quantitative estimate of drug-likeness (QED) is 0.313. The molecule has 0 N–H and O–H groups in total. The number of esters is 1. The van der Waals surface area contributed by atoms with E-state index in [1.54, 1.807) is 48.6 Å². The molecule has 1 saturated heterocycles. The number of carbonyl (C=O) groups excluding carboxylic acids is 2. The number of benzene rings is 1. The summed E-state index contributed by atoms with van der Waals surface area (Å²) in [4.78, 5) is 30.7. The van der Waals surface area contributed by atoms with Crippen LogP contribution in [0, 0.1) is 12.8 Å². The number of likely N-dealkylation sites (tertiary alicyclic amines) is 1. The molecule has 1 aromatic carbocycles. The largest absolute Gasteiger partial charge is 0.466 e. The number of nitrogens with zero attached hydrogens (tertiary/aromatic N) is 3. The van der Waals surface area contributed by atoms with Crippen LogP contribution < -0.4 is 0 Å². The maximum atomic E-state index is 13.3. The van der Waals surface area contributed by atoms with E-state index < -0.39 is 11.9 Å². The Morgan fingerprint density at radius 3 is 2.47 bits per heavy atom. The normalized spacial score (nSPS) is 14.8. The van der Waals surface area contributed by atoms with Crippen molar-refractivity contribution in [3.63, 3.8) is 0 Å². The number of alkyl halides is 3. The molecule has 11 heteroatoms. The van der Waals surface area contributed by atoms with E-state index in [1.165, 1.54) is 0 Å². The lowest BCUT2D eigenvalue weighted by molar-refractivity contribution is -0.144. The van der Waals surface area contributed by atoms with Crippen LogP contribution in [0.25, 0.3) is 11.0 Å². The molecule has 2 aromatic heterocycles. The smallest absolute Gasteiger partial charge is 0.433 e. The first-order valence-electron chi connectivity index (χ1n) is 12.4. The molecular weight excluding hydrogens is 542 g/mol. The number of hydrogen-bond donors (Lipinski definition) is 0. The Morgan fingerprint density at radius 2 is 1.84 bits per heavy atom. The molecule has 38 heavy (non-hydrogen) atoms. The first kappa shape index (κ1) is 28.2. The van der Waals surface area contributed by atoms with E-state index in [4.69, 9.17) is 27.9 Å². The maximum absolute atomic E-state index is 13.3. The molecule has 1 fully saturated rings. The number of ether oxygens (including phenoxy) is 1. The molecule has 0 unspecified atom stereocenters. The van der Waals surface area contributed by atoms with Crippen LogP contribution in [0.3, 0.4) is 0 Å². The van der Waals surface area contributed by atoms with Crippen LogP contribution in [0.4, 0.5) is 13.2 Å². The standard InChI is InChI=1S/C27H28Cl2F3N3O3/c1-4-38-23(36)12-16-7-9-35(10-8-16)26(37)18-5-6-21(28)20(24(18)29)14-17-13-19-15(2)11-22(27(30,31)32)33-25(19)34(17)3/h5-6,11,13,16H,4,7-10,12,14H2,1-3H3. The molecule has 0 radical (unpaired) electrons. The molecular formula is C27H28Cl2F3N3O3. The number of piperidine rings is 1. The van der Waals surface area contributed by atoms with Crippen molar-refractivity contribution in [1.29, 1.82) is 0 Å². The highest BCUT2D eigenvalue weighted by atomic mass is 35.5. The number of pyridine rings is 1. The van der Waals surface area contributed by atoms with Gasteiger partial charge in [-0.2, -0.15) is 13.2 Å². The van der Waals surface area contributed by atoms with E-state index in [2.05, 4.69) is 4.98 Å². The molecule has 0 bridgehead atoms. The Kier molecular flexibility index (Phi) is 8.28. The third-order valence-corrected chi connectivity index (χ3v) is 7.82. The molecule has 204 valence electrons. The SMILES string of the molecule is CCOC(=O)CC1CCN(C(=O)c2ccc(Cl)c(Cc3cc4c(C)cc(C(F)(F)F)nc4n3C)c2Cl)CC1. The van der Waals surface area contributed by atoms with Gasteiger partial charge in [0.2, 0.25) is 0 Å². The van der Waals surface area contributed by atoms with Crippen molar-refractivity contribution >= 4 is 46.1 Å². The number of halogens is 5. The minimum absolute atomic E-state index is 0.163. The van der Waals surface area contributed by atoms with Gasteiger partial charge in [0, 0.05) is 49.1 Å². The molecule has 6 nitrogen and oxygen atoms in total. The molecule has 3 aromatic rings. The summed E-state index contributed by atoms with van der Waals surface area (Å²) >= 11 is 13.2. The summed E-state index contributed by atoms with van der Waals surface area (Å²) in [6.45, 7) is 4.71. The maximum Gasteiger partial charge on any atom is 0.433 e. The number of carbonyl (C=O) groups is 2. The van der Waals surface area contributed by atoms with Gasteiger partial charge >= 0.3 is 12.1 Å². The van der Waals surface area contributed by atoms with E-state index in [-0.39, 0.29) is 34.9 Å². The van der Waals surface area contributed by atoms with Gasteiger partial charge in [0.1, 0.15) is 11.3 Å². The second-order valence-corrected chi connectivity index (χ2v) is 10.3. The number of hydrogen-bond acceptors (Lipinski definition) is 4. The van der Waals surface area contributed by atoms with Crippen LogP contribution in [0.5, 0.6) is 0 Å². The van der Waals surface area contributed by atoms with E-state index in [0.717, 1.165) is 6.07 Å². The average Bonchev–Trinajstić information content (AvgIpc) is 3.17. The lowest BCUT2D eigenvalue weighted by Gasteiger charge is -2.32. The molecule has 0 aliphatic carbocycles. The van der Waals surface area contributed by atoms with E-state index in [0.29, 0.717) is 71.8 Å². The Hall–Kier alpha value is -2.78. The third-order valence-electron chi connectivity index (χ3n) is 7.03. The van der Waals surface area contributed by atoms with Crippen LogP contribution in [0.1, 0.15) is 59.1 Å². The summed E-state index contributed by atoms with van der Waals surface area (Å²) in [6.07, 6.45) is -2.65. The van der Waals surface area contributed by atoms with Crippen LogP contribution in [0.2, 0.25) is 10.0 Å². The van der Waals surface area contributed by atoms with Crippen molar-refractivity contribution < 1.29 is 27.5 Å². The number of rotatable bonds is 6. The van der Waals surface area contributed by atoms with Gasteiger partial charge in [-0.25, -0.2) is 4.98 Å². The van der Waals surface area contributed by atoms with Crippen molar-refractivity contribution in [2.24, 2.45) is 13.0 Å². The second kappa shape index (κ2) is 11.1. The number of aryl methyl sites for hydroxylation is 2. The van der Waals surface area contributed by atoms with Gasteiger partial charge in [0.05, 0.1) is 17.2 Å². The predicted octanol–water partition coefficient (Wildman–Crippen LogP) is 6.60. The monoisotopic (exact) mass is 569 g/mol. The molecule has 1 amide bonds. The van der Waals surface area contributed by atoms with Crippen LogP contribution in [-0.4, -0.2) is 46.0 Å². The fraction of sp³-hybridized carbons (Fsp3) is 0.444. The first-order valence-corrected chi connectivity index (χ1v) is 13.1. The Bertz CT molecular complexity index is 1380. The van der Waals surface area contributed by atoms with Gasteiger partial charge in [0.25, 0.3) is 5.91 Å². The fourth-order valence-corrected chi connectivity index (χ4v) is 5.47. The summed E-state index contributed by atoms with van der Waals surface area (Å²) in [7, 11) is 1.64. The van der Waals surface area contributed by atoms with Crippen molar-refractivity contribution in [1.82, 2.24) is 14.5 Å². The highest BCUT2D eigenvalue weighted by Crippen LogP contribution is 2.35. The van der Waals surface area contributed by atoms with Crippen LogP contribution in [0.15, 0.2) is 24.3 Å². The molecule has 1 aliphatic heterocycles. The van der Waals surface area contributed by atoms with Crippen molar-refractivity contribution in [2.45, 2.75) is 45.7 Å². The van der Waals surface area contributed by atoms with Crippen molar-refractivity contribution in [3.05, 3.63) is 62.4 Å². The zero-order valence-electron chi connectivity index (χ0n) is 21.3. The lowest BCUT2D eigenvalue weighted by Crippen LogP contribution is -2.39. The van der Waals surface area contributed by atoms with E-state index in [9.17, 15) is 22.8 Å². The minimum Gasteiger partial charge on any atom is -0.466 e. The molecule has 0 spiro atoms. The molecule has 0 saturated carbocycles. The Balaban J connectivity index is 1.56. The Morgan fingerprint density at radius 1 is 1.16 bits per heavy atom. The number of aromatic nitrogens is 2. The summed E-state index contributed by atoms with van der Waals surface area (Å²) < 4.78 is 46.5. The van der Waals surface area contributed by atoms with Gasteiger partial charge in [0.15, 0.2) is 0 Å². The van der Waals surface area contributed by atoms with Crippen molar-refractivity contribution in [2.75, 3.05) is 19.7 Å². The van der Waals surface area contributed by atoms with Gasteiger partial charge in [-0.1, -0.05) is 23.2 Å². The topological polar surface area (TPSA) is 64.4 Å². The first-order chi connectivity index (χ1) is 17.9. The summed E-state index contributed by atoms with van der Waals surface area (Å²) in [5.41, 5.74) is 1.18. The minimum atomic E-state index is -4.56. The predicted molar refractivity (Wildman–Crippen MR) is 140 cm³/mol. The van der Waals surface area contributed by atoms with Gasteiger partial charge in [-0.05, 0) is 68.0 Å². The Labute approximate surface area is 228 Å². The van der Waals surface area contributed by atoms with Gasteiger partial charge in [-0.3, -0.25) is 9.59 Å². The van der Waals surface area contributed by atoms with Gasteiger partial charge in [-0.15, -0.1) is 0 Å². The summed E-state index contributed by atoms with van der Waals surface area (Å²) in [6, 6.07) is 6.00. The number of fused-ring (bicyclic) bond motifs is 1. The number of amides is 1. The zero-order chi connectivity index (χ0) is 27.8. The average molecular weight is 570 g/mol. The second-order valence-electron chi connectivity index (χ2n) is 9.56. The molecule has 1 aliphatic rings. The highest BCUT2D eigenvalue weighted by molar-refractivity contribution is 6.38. The lowest BCUT2D eigenvalue weighted by atomic mass is 9.93. The van der Waals surface area contributed by atoms with E-state index in [1.807, 2.05) is 0 Å². The summed E-state index contributed by atoms with van der Waals surface area (Å²) in [5, 5.41) is 1.16. The van der Waals surface area contributed by atoms with E-state index >= 15 is 0 Å². The molecule has 4 rings (SSSR count). The third kappa shape index (κ3) is 5.78. The molecule has 3 heterocycles. The highest BCUT2D eigenvalue weighted by Gasteiger charge is 2.34. The van der Waals surface area contributed by atoms with Gasteiger partial charge < -0.3 is 14.2 Å². The zero-order valence-corrected chi connectivity index (χ0v) is 22.8. The fourth-order valence-electron chi connectivity index (χ4n) is 4.89.